The van der Waals surface area contributed by atoms with Crippen LogP contribution in [0.3, 0.4) is 0 Å². The molecule has 24 heavy (non-hydrogen) atoms. The van der Waals surface area contributed by atoms with Gasteiger partial charge in [-0.05, 0) is 43.3 Å². The quantitative estimate of drug-likeness (QED) is 0.736. The molecule has 0 atom stereocenters. The van der Waals surface area contributed by atoms with Crippen molar-refractivity contribution in [1.29, 1.82) is 0 Å². The summed E-state index contributed by atoms with van der Waals surface area (Å²) in [5.41, 5.74) is 0.592. The molecule has 0 aliphatic carbocycles. The van der Waals surface area contributed by atoms with Gasteiger partial charge in [-0.3, -0.25) is 4.79 Å². The zero-order valence-electron chi connectivity index (χ0n) is 14.0. The van der Waals surface area contributed by atoms with Crippen LogP contribution in [-0.4, -0.2) is 32.5 Å². The summed E-state index contributed by atoms with van der Waals surface area (Å²) < 4.78 is 15.8. The van der Waals surface area contributed by atoms with Crippen LogP contribution >= 0.6 is 11.8 Å². The van der Waals surface area contributed by atoms with E-state index in [-0.39, 0.29) is 5.91 Å². The fraction of sp³-hybridized carbons (Fsp3) is 0.278. The fourth-order valence-corrected chi connectivity index (χ4v) is 2.74. The van der Waals surface area contributed by atoms with E-state index in [1.165, 1.54) is 11.8 Å². The van der Waals surface area contributed by atoms with Gasteiger partial charge in [-0.25, -0.2) is 0 Å². The Bertz CT molecular complexity index is 673. The SMILES string of the molecule is CCOc1ccc(SCC(=O)Nc2cc(OC)ccc2OC)cc1. The number of carbonyl (C=O) groups excluding carboxylic acids is 1. The van der Waals surface area contributed by atoms with Gasteiger partial charge in [0, 0.05) is 11.0 Å². The van der Waals surface area contributed by atoms with Crippen LogP contribution in [0.15, 0.2) is 47.4 Å². The van der Waals surface area contributed by atoms with Crippen molar-refractivity contribution in [2.45, 2.75) is 11.8 Å². The van der Waals surface area contributed by atoms with Crippen molar-refractivity contribution in [3.63, 3.8) is 0 Å². The van der Waals surface area contributed by atoms with Crippen molar-refractivity contribution in [2.75, 3.05) is 31.9 Å². The van der Waals surface area contributed by atoms with E-state index < -0.39 is 0 Å². The molecule has 0 unspecified atom stereocenters. The van der Waals surface area contributed by atoms with Crippen molar-refractivity contribution >= 4 is 23.4 Å². The number of amides is 1. The van der Waals surface area contributed by atoms with E-state index >= 15 is 0 Å². The molecule has 2 aromatic carbocycles. The highest BCUT2D eigenvalue weighted by Crippen LogP contribution is 2.29. The maximum absolute atomic E-state index is 12.2. The Hall–Kier alpha value is -2.34. The van der Waals surface area contributed by atoms with Crippen LogP contribution in [0.25, 0.3) is 0 Å². The van der Waals surface area contributed by atoms with Gasteiger partial charge in [0.05, 0.1) is 32.3 Å². The summed E-state index contributed by atoms with van der Waals surface area (Å²) in [5, 5.41) is 2.85. The number of anilines is 1. The number of thioether (sulfide) groups is 1. The Labute approximate surface area is 146 Å². The molecule has 0 saturated carbocycles. The molecule has 0 aromatic heterocycles. The third-order valence-electron chi connectivity index (χ3n) is 3.19. The van der Waals surface area contributed by atoms with Gasteiger partial charge in [0.15, 0.2) is 0 Å². The molecule has 2 rings (SSSR count). The van der Waals surface area contributed by atoms with E-state index in [0.717, 1.165) is 10.6 Å². The summed E-state index contributed by atoms with van der Waals surface area (Å²) in [5.74, 6) is 2.27. The standard InChI is InChI=1S/C18H21NO4S/c1-4-23-13-5-8-15(9-6-13)24-12-18(20)19-16-11-14(21-2)7-10-17(16)22-3/h5-11H,4,12H2,1-3H3,(H,19,20). The number of rotatable bonds is 8. The highest BCUT2D eigenvalue weighted by atomic mass is 32.2. The number of hydrogen-bond acceptors (Lipinski definition) is 5. The maximum atomic E-state index is 12.2. The third-order valence-corrected chi connectivity index (χ3v) is 4.20. The third kappa shape index (κ3) is 5.09. The molecule has 1 N–H and O–H groups in total. The van der Waals surface area contributed by atoms with Crippen molar-refractivity contribution in [2.24, 2.45) is 0 Å². The van der Waals surface area contributed by atoms with E-state index in [9.17, 15) is 4.79 Å². The second kappa shape index (κ2) is 9.08. The van der Waals surface area contributed by atoms with Crippen LogP contribution in [-0.2, 0) is 4.79 Å². The minimum Gasteiger partial charge on any atom is -0.497 e. The van der Waals surface area contributed by atoms with E-state index in [1.807, 2.05) is 31.2 Å². The number of methoxy groups -OCH3 is 2. The molecular formula is C18H21NO4S. The number of benzene rings is 2. The van der Waals surface area contributed by atoms with Gasteiger partial charge in [0.1, 0.15) is 17.2 Å². The van der Waals surface area contributed by atoms with Gasteiger partial charge in [0.2, 0.25) is 5.91 Å². The van der Waals surface area contributed by atoms with Crippen molar-refractivity contribution < 1.29 is 19.0 Å². The van der Waals surface area contributed by atoms with Crippen molar-refractivity contribution in [3.8, 4) is 17.2 Å². The highest BCUT2D eigenvalue weighted by Gasteiger charge is 2.09. The lowest BCUT2D eigenvalue weighted by Crippen LogP contribution is -2.14. The topological polar surface area (TPSA) is 56.8 Å². The van der Waals surface area contributed by atoms with Gasteiger partial charge >= 0.3 is 0 Å². The molecule has 0 aliphatic heterocycles. The smallest absolute Gasteiger partial charge is 0.234 e. The number of hydrogen-bond donors (Lipinski definition) is 1. The van der Waals surface area contributed by atoms with Gasteiger partial charge < -0.3 is 19.5 Å². The molecular weight excluding hydrogens is 326 g/mol. The summed E-state index contributed by atoms with van der Waals surface area (Å²) >= 11 is 1.46. The van der Waals surface area contributed by atoms with E-state index in [1.54, 1.807) is 32.4 Å². The van der Waals surface area contributed by atoms with Gasteiger partial charge in [-0.1, -0.05) is 0 Å². The molecule has 0 heterocycles. The monoisotopic (exact) mass is 347 g/mol. The van der Waals surface area contributed by atoms with E-state index in [2.05, 4.69) is 5.32 Å². The second-order valence-corrected chi connectivity index (χ2v) is 5.86. The zero-order valence-corrected chi connectivity index (χ0v) is 14.8. The summed E-state index contributed by atoms with van der Waals surface area (Å²) in [6.45, 7) is 2.58. The molecule has 5 nitrogen and oxygen atoms in total. The first-order valence-corrected chi connectivity index (χ1v) is 8.52. The molecule has 0 aliphatic rings. The van der Waals surface area contributed by atoms with E-state index in [0.29, 0.717) is 29.5 Å². The van der Waals surface area contributed by atoms with Gasteiger partial charge in [-0.2, -0.15) is 0 Å². The first-order valence-electron chi connectivity index (χ1n) is 7.53. The molecule has 0 spiro atoms. The maximum Gasteiger partial charge on any atom is 0.234 e. The zero-order chi connectivity index (χ0) is 17.4. The van der Waals surface area contributed by atoms with Crippen LogP contribution in [0.5, 0.6) is 17.2 Å². The normalized spacial score (nSPS) is 10.1. The van der Waals surface area contributed by atoms with Gasteiger partial charge in [-0.15, -0.1) is 11.8 Å². The molecule has 128 valence electrons. The lowest BCUT2D eigenvalue weighted by atomic mass is 10.2. The summed E-state index contributed by atoms with van der Waals surface area (Å²) in [6, 6.07) is 12.9. The highest BCUT2D eigenvalue weighted by molar-refractivity contribution is 8.00. The number of ether oxygens (including phenoxy) is 3. The van der Waals surface area contributed by atoms with E-state index in [4.69, 9.17) is 14.2 Å². The molecule has 0 bridgehead atoms. The Balaban J connectivity index is 1.93. The largest absolute Gasteiger partial charge is 0.497 e. The van der Waals surface area contributed by atoms with Crippen LogP contribution in [0.4, 0.5) is 5.69 Å². The Morgan fingerprint density at radius 1 is 1.04 bits per heavy atom. The molecule has 1 amide bonds. The summed E-state index contributed by atoms with van der Waals surface area (Å²) in [7, 11) is 3.14. The molecule has 2 aromatic rings. The van der Waals surface area contributed by atoms with Crippen molar-refractivity contribution in [1.82, 2.24) is 0 Å². The first kappa shape index (κ1) is 18.0. The first-order chi connectivity index (χ1) is 11.7. The van der Waals surface area contributed by atoms with Crippen molar-refractivity contribution in [3.05, 3.63) is 42.5 Å². The fourth-order valence-electron chi connectivity index (χ4n) is 2.05. The molecule has 6 heteroatoms. The van der Waals surface area contributed by atoms with Crippen LogP contribution in [0.1, 0.15) is 6.92 Å². The lowest BCUT2D eigenvalue weighted by molar-refractivity contribution is -0.113. The summed E-state index contributed by atoms with van der Waals surface area (Å²) in [6.07, 6.45) is 0. The molecule has 0 saturated heterocycles. The predicted octanol–water partition coefficient (Wildman–Crippen LogP) is 3.83. The average Bonchev–Trinajstić information content (AvgIpc) is 2.61. The Morgan fingerprint density at radius 3 is 2.38 bits per heavy atom. The van der Waals surface area contributed by atoms with Crippen LogP contribution in [0, 0.1) is 0 Å². The average molecular weight is 347 g/mol. The lowest BCUT2D eigenvalue weighted by Gasteiger charge is -2.11. The number of carbonyl (C=O) groups is 1. The van der Waals surface area contributed by atoms with Crippen LogP contribution < -0.4 is 19.5 Å². The Morgan fingerprint density at radius 2 is 1.75 bits per heavy atom. The second-order valence-electron chi connectivity index (χ2n) is 4.81. The van der Waals surface area contributed by atoms with Gasteiger partial charge in [0.25, 0.3) is 0 Å². The summed E-state index contributed by atoms with van der Waals surface area (Å²) in [4.78, 5) is 13.2. The Kier molecular flexibility index (Phi) is 6.81. The molecule has 0 radical (unpaired) electrons. The number of nitrogens with one attached hydrogen (secondary N) is 1. The van der Waals surface area contributed by atoms with Crippen LogP contribution in [0.2, 0.25) is 0 Å². The predicted molar refractivity (Wildman–Crippen MR) is 96.5 cm³/mol. The molecule has 0 fully saturated rings. The minimum atomic E-state index is -0.111. The minimum absolute atomic E-state index is 0.111.